The minimum atomic E-state index is 0.832. The van der Waals surface area contributed by atoms with E-state index >= 15 is 0 Å². The molecule has 2 nitrogen and oxygen atoms in total. The number of hydrogen-bond donors (Lipinski definition) is 1. The number of aromatic nitrogens is 1. The van der Waals surface area contributed by atoms with Gasteiger partial charge in [0.25, 0.3) is 0 Å². The van der Waals surface area contributed by atoms with Gasteiger partial charge in [-0.3, -0.25) is 0 Å². The molecule has 1 aromatic carbocycles. The molecule has 1 aromatic heterocycles. The number of benzene rings is 1. The first-order valence-corrected chi connectivity index (χ1v) is 6.26. The zero-order valence-electron chi connectivity index (χ0n) is 7.74. The number of rotatable bonds is 2. The number of halogens is 2. The van der Waals surface area contributed by atoms with Crippen LogP contribution in [0, 0.1) is 3.57 Å². The Hall–Kier alpha value is -0.620. The van der Waals surface area contributed by atoms with Crippen LogP contribution in [0.4, 0.5) is 11.5 Å². The van der Waals surface area contributed by atoms with Gasteiger partial charge in [0.05, 0.1) is 0 Å². The van der Waals surface area contributed by atoms with E-state index in [1.807, 2.05) is 30.3 Å². The van der Waals surface area contributed by atoms with Gasteiger partial charge in [0.1, 0.15) is 10.4 Å². The molecule has 1 heterocycles. The second kappa shape index (κ2) is 4.94. The number of nitrogens with zero attached hydrogens (tertiary/aromatic N) is 1. The summed E-state index contributed by atoms with van der Waals surface area (Å²) in [5, 5.41) is 3.24. The SMILES string of the molecule is Brc1cccc(Nc2cccc(I)c2)n1. The Labute approximate surface area is 110 Å². The fourth-order valence-corrected chi connectivity index (χ4v) is 2.08. The molecule has 2 rings (SSSR count). The lowest BCUT2D eigenvalue weighted by Crippen LogP contribution is -1.93. The minimum absolute atomic E-state index is 0.832. The van der Waals surface area contributed by atoms with Crippen molar-refractivity contribution in [2.75, 3.05) is 5.32 Å². The smallest absolute Gasteiger partial charge is 0.131 e. The Kier molecular flexibility index (Phi) is 3.58. The van der Waals surface area contributed by atoms with Crippen molar-refractivity contribution in [1.82, 2.24) is 4.98 Å². The van der Waals surface area contributed by atoms with E-state index in [1.54, 1.807) is 0 Å². The molecule has 15 heavy (non-hydrogen) atoms. The molecule has 0 aliphatic carbocycles. The van der Waals surface area contributed by atoms with Crippen LogP contribution < -0.4 is 5.32 Å². The highest BCUT2D eigenvalue weighted by molar-refractivity contribution is 14.1. The second-order valence-corrected chi connectivity index (χ2v) is 5.04. The van der Waals surface area contributed by atoms with E-state index in [0.29, 0.717) is 0 Å². The van der Waals surface area contributed by atoms with Crippen molar-refractivity contribution in [2.24, 2.45) is 0 Å². The minimum Gasteiger partial charge on any atom is -0.340 e. The highest BCUT2D eigenvalue weighted by Crippen LogP contribution is 2.18. The summed E-state index contributed by atoms with van der Waals surface area (Å²) in [6.45, 7) is 0. The normalized spacial score (nSPS) is 10.0. The van der Waals surface area contributed by atoms with Gasteiger partial charge < -0.3 is 5.32 Å². The first-order valence-electron chi connectivity index (χ1n) is 4.39. The van der Waals surface area contributed by atoms with Gasteiger partial charge in [-0.1, -0.05) is 12.1 Å². The number of nitrogens with one attached hydrogen (secondary N) is 1. The Morgan fingerprint density at radius 3 is 2.67 bits per heavy atom. The molecule has 0 atom stereocenters. The Bertz CT molecular complexity index is 430. The lowest BCUT2D eigenvalue weighted by molar-refractivity contribution is 1.26. The van der Waals surface area contributed by atoms with Crippen molar-refractivity contribution in [3.63, 3.8) is 0 Å². The van der Waals surface area contributed by atoms with Crippen molar-refractivity contribution in [1.29, 1.82) is 0 Å². The van der Waals surface area contributed by atoms with E-state index in [2.05, 4.69) is 61.0 Å². The average molecular weight is 375 g/mol. The maximum Gasteiger partial charge on any atom is 0.131 e. The molecular weight excluding hydrogens is 367 g/mol. The van der Waals surface area contributed by atoms with E-state index in [-0.39, 0.29) is 0 Å². The fourth-order valence-electron chi connectivity index (χ4n) is 1.19. The van der Waals surface area contributed by atoms with Gasteiger partial charge in [-0.05, 0) is 68.9 Å². The van der Waals surface area contributed by atoms with Crippen LogP contribution in [0.15, 0.2) is 47.1 Å². The van der Waals surface area contributed by atoms with E-state index in [4.69, 9.17) is 0 Å². The Balaban J connectivity index is 2.22. The lowest BCUT2D eigenvalue weighted by Gasteiger charge is -2.05. The topological polar surface area (TPSA) is 24.9 Å². The summed E-state index contributed by atoms with van der Waals surface area (Å²) in [7, 11) is 0. The third kappa shape index (κ3) is 3.17. The van der Waals surface area contributed by atoms with Gasteiger partial charge in [-0.15, -0.1) is 0 Å². The van der Waals surface area contributed by atoms with Gasteiger partial charge in [-0.25, -0.2) is 4.98 Å². The molecule has 4 heteroatoms. The third-order valence-corrected chi connectivity index (χ3v) is 2.92. The molecule has 2 aromatic rings. The van der Waals surface area contributed by atoms with Gasteiger partial charge >= 0.3 is 0 Å². The summed E-state index contributed by atoms with van der Waals surface area (Å²) < 4.78 is 2.03. The quantitative estimate of drug-likeness (QED) is 0.629. The summed E-state index contributed by atoms with van der Waals surface area (Å²) in [4.78, 5) is 4.30. The molecule has 76 valence electrons. The predicted molar refractivity (Wildman–Crippen MR) is 74.4 cm³/mol. The molecule has 0 bridgehead atoms. The van der Waals surface area contributed by atoms with Gasteiger partial charge in [0, 0.05) is 9.26 Å². The largest absolute Gasteiger partial charge is 0.340 e. The van der Waals surface area contributed by atoms with Crippen LogP contribution in [-0.4, -0.2) is 4.98 Å². The van der Waals surface area contributed by atoms with E-state index < -0.39 is 0 Å². The van der Waals surface area contributed by atoms with Crippen LogP contribution in [0.1, 0.15) is 0 Å². The van der Waals surface area contributed by atoms with Crippen LogP contribution in [-0.2, 0) is 0 Å². The first-order chi connectivity index (χ1) is 7.24. The lowest BCUT2D eigenvalue weighted by atomic mass is 10.3. The van der Waals surface area contributed by atoms with Crippen molar-refractivity contribution in [3.05, 3.63) is 50.6 Å². The molecule has 0 saturated carbocycles. The number of pyridine rings is 1. The van der Waals surface area contributed by atoms with E-state index in [9.17, 15) is 0 Å². The third-order valence-electron chi connectivity index (χ3n) is 1.81. The summed E-state index contributed by atoms with van der Waals surface area (Å²) in [5.74, 6) is 0.839. The second-order valence-electron chi connectivity index (χ2n) is 2.98. The predicted octanol–water partition coefficient (Wildman–Crippen LogP) is 4.19. The number of anilines is 2. The van der Waals surface area contributed by atoms with Crippen LogP contribution in [0.2, 0.25) is 0 Å². The van der Waals surface area contributed by atoms with E-state index in [0.717, 1.165) is 16.1 Å². The zero-order valence-corrected chi connectivity index (χ0v) is 11.5. The van der Waals surface area contributed by atoms with Crippen molar-refractivity contribution in [3.8, 4) is 0 Å². The molecule has 0 aliphatic rings. The van der Waals surface area contributed by atoms with Crippen molar-refractivity contribution in [2.45, 2.75) is 0 Å². The van der Waals surface area contributed by atoms with Gasteiger partial charge in [-0.2, -0.15) is 0 Å². The monoisotopic (exact) mass is 374 g/mol. The highest BCUT2D eigenvalue weighted by atomic mass is 127. The number of hydrogen-bond acceptors (Lipinski definition) is 2. The molecule has 0 radical (unpaired) electrons. The molecule has 0 fully saturated rings. The summed E-state index contributed by atoms with van der Waals surface area (Å²) in [6.07, 6.45) is 0. The maximum atomic E-state index is 4.30. The van der Waals surface area contributed by atoms with Crippen LogP contribution in [0.5, 0.6) is 0 Å². The molecule has 0 aliphatic heterocycles. The van der Waals surface area contributed by atoms with Crippen LogP contribution >= 0.6 is 38.5 Å². The Morgan fingerprint density at radius 2 is 1.93 bits per heavy atom. The summed E-state index contributed by atoms with van der Waals surface area (Å²) >= 11 is 5.62. The highest BCUT2D eigenvalue weighted by Gasteiger charge is 1.96. The molecule has 1 N–H and O–H groups in total. The summed E-state index contributed by atoms with van der Waals surface area (Å²) in [6, 6.07) is 14.0. The molecular formula is C11H8BrIN2. The van der Waals surface area contributed by atoms with E-state index in [1.165, 1.54) is 3.57 Å². The van der Waals surface area contributed by atoms with Gasteiger partial charge in [0.2, 0.25) is 0 Å². The van der Waals surface area contributed by atoms with Crippen LogP contribution in [0.25, 0.3) is 0 Å². The first kappa shape index (κ1) is 10.9. The van der Waals surface area contributed by atoms with Crippen LogP contribution in [0.3, 0.4) is 0 Å². The fraction of sp³-hybridized carbons (Fsp3) is 0. The average Bonchev–Trinajstić information content (AvgIpc) is 2.17. The van der Waals surface area contributed by atoms with Gasteiger partial charge in [0.15, 0.2) is 0 Å². The molecule has 0 unspecified atom stereocenters. The zero-order chi connectivity index (χ0) is 10.7. The van der Waals surface area contributed by atoms with Crippen molar-refractivity contribution >= 4 is 50.0 Å². The Morgan fingerprint density at radius 1 is 1.13 bits per heavy atom. The van der Waals surface area contributed by atoms with Crippen molar-refractivity contribution < 1.29 is 0 Å². The molecule has 0 amide bonds. The maximum absolute atomic E-state index is 4.30. The summed E-state index contributed by atoms with van der Waals surface area (Å²) in [5.41, 5.74) is 1.05. The molecule has 0 saturated heterocycles. The standard InChI is InChI=1S/C11H8BrIN2/c12-10-5-2-6-11(15-10)14-9-4-1-3-8(13)7-9/h1-7H,(H,14,15). The molecule has 0 spiro atoms.